The minimum absolute atomic E-state index is 0.161. The zero-order valence-corrected chi connectivity index (χ0v) is 22.2. The van der Waals surface area contributed by atoms with Gasteiger partial charge in [-0.25, -0.2) is 4.79 Å². The number of anilines is 1. The number of methoxy groups -OCH3 is 2. The lowest BCUT2D eigenvalue weighted by molar-refractivity contribution is 0.194. The van der Waals surface area contributed by atoms with Crippen LogP contribution in [0.5, 0.6) is 11.5 Å². The third-order valence-corrected chi connectivity index (χ3v) is 8.78. The topological polar surface area (TPSA) is 55.7 Å². The number of urea groups is 1. The van der Waals surface area contributed by atoms with E-state index in [0.717, 1.165) is 24.1 Å². The van der Waals surface area contributed by atoms with Crippen LogP contribution in [0.25, 0.3) is 5.00 Å². The van der Waals surface area contributed by atoms with Crippen molar-refractivity contribution in [1.82, 2.24) is 9.47 Å². The fraction of sp³-hybridized carbons (Fsp3) is 0.300. The third-order valence-electron chi connectivity index (χ3n) is 7.45. The van der Waals surface area contributed by atoms with Crippen molar-refractivity contribution in [3.05, 3.63) is 93.6 Å². The molecular weight excluding hydrogens is 482 g/mol. The summed E-state index contributed by atoms with van der Waals surface area (Å²) in [4.78, 5) is 17.6. The molecule has 2 aliphatic rings. The van der Waals surface area contributed by atoms with Crippen molar-refractivity contribution in [2.45, 2.75) is 45.2 Å². The van der Waals surface area contributed by atoms with E-state index in [1.807, 2.05) is 28.4 Å². The average Bonchev–Trinajstić information content (AvgIpc) is 3.50. The highest BCUT2D eigenvalue weighted by Crippen LogP contribution is 2.44. The van der Waals surface area contributed by atoms with Gasteiger partial charge in [0, 0.05) is 22.7 Å². The number of benzene rings is 2. The van der Waals surface area contributed by atoms with Gasteiger partial charge in [-0.05, 0) is 68.0 Å². The van der Waals surface area contributed by atoms with Crippen LogP contribution in [-0.4, -0.2) is 29.7 Å². The first kappa shape index (κ1) is 23.7. The Morgan fingerprint density at radius 3 is 2.68 bits per heavy atom. The summed E-state index contributed by atoms with van der Waals surface area (Å²) >= 11 is 1.90. The van der Waals surface area contributed by atoms with Crippen LogP contribution in [-0.2, 0) is 19.4 Å². The normalized spacial score (nSPS) is 16.3. The number of ether oxygens (including phenoxy) is 2. The van der Waals surface area contributed by atoms with Crippen molar-refractivity contribution >= 4 is 23.1 Å². The van der Waals surface area contributed by atoms with E-state index >= 15 is 0 Å². The Labute approximate surface area is 221 Å². The van der Waals surface area contributed by atoms with Gasteiger partial charge in [-0.15, -0.1) is 11.3 Å². The van der Waals surface area contributed by atoms with Crippen molar-refractivity contribution in [2.75, 3.05) is 19.5 Å². The quantitative estimate of drug-likeness (QED) is 0.324. The van der Waals surface area contributed by atoms with E-state index in [2.05, 4.69) is 59.4 Å². The van der Waals surface area contributed by atoms with E-state index in [9.17, 15) is 4.79 Å². The molecule has 2 amide bonds. The smallest absolute Gasteiger partial charge is 0.323 e. The molecular formula is C30H31N3O3S. The van der Waals surface area contributed by atoms with E-state index in [-0.39, 0.29) is 12.1 Å². The number of thiophene rings is 1. The first-order valence-electron chi connectivity index (χ1n) is 12.7. The molecule has 6 rings (SSSR count). The Balaban J connectivity index is 1.48. The van der Waals surface area contributed by atoms with Gasteiger partial charge < -0.3 is 24.3 Å². The second kappa shape index (κ2) is 9.63. The van der Waals surface area contributed by atoms with Crippen molar-refractivity contribution in [2.24, 2.45) is 0 Å². The SMILES string of the molecule is COc1ccc(NC(=O)N2Cc3c(sc4c3CCCC4)-n3cccc3[C@H]2c2cccc(C)c2)c(OC)c1. The van der Waals surface area contributed by atoms with E-state index in [1.165, 1.54) is 39.4 Å². The van der Waals surface area contributed by atoms with E-state index in [1.54, 1.807) is 20.3 Å². The van der Waals surface area contributed by atoms with Gasteiger partial charge in [-0.2, -0.15) is 0 Å². The van der Waals surface area contributed by atoms with Gasteiger partial charge in [0.2, 0.25) is 0 Å². The zero-order chi connectivity index (χ0) is 25.5. The standard InChI is InChI=1S/C30H31N3O3S/c1-19-8-6-9-20(16-19)28-25-11-7-15-32(25)29-23(22-10-4-5-12-27(22)37-29)18-33(28)30(34)31-24-14-13-21(35-2)17-26(24)36-3/h6-9,11,13-17,28H,4-5,10,12,18H2,1-3H3,(H,31,34)/t28-/m1/s1. The summed E-state index contributed by atoms with van der Waals surface area (Å²) in [6.07, 6.45) is 6.78. The predicted molar refractivity (Wildman–Crippen MR) is 147 cm³/mol. The minimum atomic E-state index is -0.238. The van der Waals surface area contributed by atoms with Crippen molar-refractivity contribution < 1.29 is 14.3 Å². The number of rotatable bonds is 4. The molecule has 1 aliphatic heterocycles. The van der Waals surface area contributed by atoms with Crippen LogP contribution in [0.4, 0.5) is 10.5 Å². The Hall–Kier alpha value is -3.71. The number of aromatic nitrogens is 1. The molecule has 4 aromatic rings. The maximum absolute atomic E-state index is 14.2. The summed E-state index contributed by atoms with van der Waals surface area (Å²) in [6.45, 7) is 2.64. The molecule has 0 radical (unpaired) electrons. The molecule has 1 N–H and O–H groups in total. The molecule has 0 saturated carbocycles. The van der Waals surface area contributed by atoms with E-state index < -0.39 is 0 Å². The summed E-state index contributed by atoms with van der Waals surface area (Å²) in [6, 6.07) is 17.8. The van der Waals surface area contributed by atoms with Gasteiger partial charge in [0.05, 0.1) is 38.2 Å². The van der Waals surface area contributed by atoms with Crippen LogP contribution in [0, 0.1) is 6.92 Å². The highest BCUT2D eigenvalue weighted by atomic mass is 32.1. The molecule has 6 nitrogen and oxygen atoms in total. The summed E-state index contributed by atoms with van der Waals surface area (Å²) in [5, 5.41) is 4.40. The van der Waals surface area contributed by atoms with Crippen LogP contribution in [0.3, 0.4) is 0 Å². The molecule has 0 fully saturated rings. The molecule has 7 heteroatoms. The van der Waals surface area contributed by atoms with Gasteiger partial charge in [0.1, 0.15) is 16.5 Å². The Morgan fingerprint density at radius 2 is 1.86 bits per heavy atom. The summed E-state index contributed by atoms with van der Waals surface area (Å²) in [5.74, 6) is 1.24. The number of hydrogen-bond acceptors (Lipinski definition) is 4. The van der Waals surface area contributed by atoms with E-state index in [0.29, 0.717) is 23.7 Å². The van der Waals surface area contributed by atoms with Crippen LogP contribution >= 0.6 is 11.3 Å². The van der Waals surface area contributed by atoms with E-state index in [4.69, 9.17) is 9.47 Å². The summed E-state index contributed by atoms with van der Waals surface area (Å²) in [7, 11) is 3.22. The molecule has 2 aromatic heterocycles. The second-order valence-corrected chi connectivity index (χ2v) is 10.8. The van der Waals surface area contributed by atoms with Crippen molar-refractivity contribution in [1.29, 1.82) is 0 Å². The minimum Gasteiger partial charge on any atom is -0.497 e. The molecule has 0 spiro atoms. The molecule has 0 unspecified atom stereocenters. The number of hydrogen-bond donors (Lipinski definition) is 1. The number of aryl methyl sites for hydroxylation is 2. The monoisotopic (exact) mass is 513 g/mol. The first-order valence-corrected chi connectivity index (χ1v) is 13.6. The molecule has 3 heterocycles. The Kier molecular flexibility index (Phi) is 6.16. The lowest BCUT2D eigenvalue weighted by Gasteiger charge is -2.32. The first-order chi connectivity index (χ1) is 18.1. The molecule has 0 saturated heterocycles. The third kappa shape index (κ3) is 4.17. The highest BCUT2D eigenvalue weighted by molar-refractivity contribution is 7.15. The highest BCUT2D eigenvalue weighted by Gasteiger charge is 2.36. The fourth-order valence-electron chi connectivity index (χ4n) is 5.67. The van der Waals surface area contributed by atoms with Gasteiger partial charge in [-0.1, -0.05) is 29.8 Å². The Bertz CT molecular complexity index is 1470. The molecule has 1 atom stereocenters. The molecule has 0 bridgehead atoms. The number of carbonyl (C=O) groups is 1. The van der Waals surface area contributed by atoms with Crippen molar-refractivity contribution in [3.8, 4) is 16.5 Å². The maximum atomic E-state index is 14.2. The molecule has 190 valence electrons. The number of nitrogens with zero attached hydrogens (tertiary/aromatic N) is 2. The summed E-state index contributed by atoms with van der Waals surface area (Å²) in [5.41, 5.74) is 6.70. The lowest BCUT2D eigenvalue weighted by atomic mass is 9.95. The van der Waals surface area contributed by atoms with Gasteiger partial charge in [0.15, 0.2) is 0 Å². The number of fused-ring (bicyclic) bond motifs is 5. The number of amides is 2. The second-order valence-electron chi connectivity index (χ2n) is 9.74. The zero-order valence-electron chi connectivity index (χ0n) is 21.4. The van der Waals surface area contributed by atoms with Crippen LogP contribution in [0.15, 0.2) is 60.8 Å². The van der Waals surface area contributed by atoms with Crippen LogP contribution in [0.1, 0.15) is 51.7 Å². The molecule has 2 aromatic carbocycles. The molecule has 1 aliphatic carbocycles. The largest absolute Gasteiger partial charge is 0.497 e. The number of carbonyl (C=O) groups excluding carboxylic acids is 1. The predicted octanol–water partition coefficient (Wildman–Crippen LogP) is 6.88. The maximum Gasteiger partial charge on any atom is 0.323 e. The van der Waals surface area contributed by atoms with Gasteiger partial charge >= 0.3 is 6.03 Å². The number of nitrogens with one attached hydrogen (secondary N) is 1. The van der Waals surface area contributed by atoms with Crippen molar-refractivity contribution in [3.63, 3.8) is 0 Å². The average molecular weight is 514 g/mol. The van der Waals surface area contributed by atoms with Gasteiger partial charge in [0.25, 0.3) is 0 Å². The van der Waals surface area contributed by atoms with Gasteiger partial charge in [-0.3, -0.25) is 0 Å². The fourth-order valence-corrected chi connectivity index (χ4v) is 7.07. The lowest BCUT2D eigenvalue weighted by Crippen LogP contribution is -2.38. The Morgan fingerprint density at radius 1 is 1.00 bits per heavy atom. The van der Waals surface area contributed by atoms with Crippen LogP contribution in [0.2, 0.25) is 0 Å². The summed E-state index contributed by atoms with van der Waals surface area (Å²) < 4.78 is 13.2. The van der Waals surface area contributed by atoms with Crippen LogP contribution < -0.4 is 14.8 Å². The molecule has 37 heavy (non-hydrogen) atoms.